The van der Waals surface area contributed by atoms with Crippen LogP contribution in [-0.4, -0.2) is 61.8 Å². The number of carbonyl (C=O) groups excluding carboxylic acids is 1. The minimum absolute atomic E-state index is 0.221. The second-order valence-electron chi connectivity index (χ2n) is 5.18. The van der Waals surface area contributed by atoms with Gasteiger partial charge >= 0.3 is 6.09 Å². The van der Waals surface area contributed by atoms with Gasteiger partial charge in [-0.15, -0.1) is 0 Å². The third-order valence-corrected chi connectivity index (χ3v) is 3.60. The number of carbonyl (C=O) groups is 1. The minimum Gasteiger partial charge on any atom is -0.494 e. The van der Waals surface area contributed by atoms with Crippen molar-refractivity contribution >= 4 is 6.09 Å². The Hall–Kier alpha value is -1.82. The summed E-state index contributed by atoms with van der Waals surface area (Å²) in [6, 6.07) is 6.05. The molecule has 0 aromatic heterocycles. The van der Waals surface area contributed by atoms with Crippen molar-refractivity contribution in [3.8, 4) is 5.75 Å². The lowest BCUT2D eigenvalue weighted by molar-refractivity contribution is 0.0782. The summed E-state index contributed by atoms with van der Waals surface area (Å²) in [7, 11) is 0. The van der Waals surface area contributed by atoms with Gasteiger partial charge in [-0.25, -0.2) is 9.18 Å². The van der Waals surface area contributed by atoms with Gasteiger partial charge in [-0.3, -0.25) is 4.90 Å². The van der Waals surface area contributed by atoms with Crippen molar-refractivity contribution < 1.29 is 18.7 Å². The third kappa shape index (κ3) is 5.18. The molecule has 1 fully saturated rings. The van der Waals surface area contributed by atoms with Crippen LogP contribution in [0.3, 0.4) is 0 Å². The number of hydrogen-bond acceptors (Lipinski definition) is 4. The van der Waals surface area contributed by atoms with E-state index in [-0.39, 0.29) is 11.9 Å². The van der Waals surface area contributed by atoms with Gasteiger partial charge in [-0.05, 0) is 37.6 Å². The molecule has 1 heterocycles. The van der Waals surface area contributed by atoms with E-state index in [2.05, 4.69) is 4.90 Å². The fraction of sp³-hybridized carbons (Fsp3) is 0.562. The average Bonchev–Trinajstić information content (AvgIpc) is 2.54. The van der Waals surface area contributed by atoms with Crippen LogP contribution >= 0.6 is 0 Å². The Labute approximate surface area is 130 Å². The molecule has 0 atom stereocenters. The number of ether oxygens (including phenoxy) is 2. The predicted molar refractivity (Wildman–Crippen MR) is 81.5 cm³/mol. The first kappa shape index (κ1) is 16.5. The molecule has 2 rings (SSSR count). The topological polar surface area (TPSA) is 42.0 Å². The van der Waals surface area contributed by atoms with E-state index in [9.17, 15) is 9.18 Å². The van der Waals surface area contributed by atoms with E-state index < -0.39 is 0 Å². The zero-order valence-electron chi connectivity index (χ0n) is 13.0. The molecule has 22 heavy (non-hydrogen) atoms. The van der Waals surface area contributed by atoms with Crippen molar-refractivity contribution in [2.24, 2.45) is 0 Å². The summed E-state index contributed by atoms with van der Waals surface area (Å²) in [6.07, 6.45) is 0.679. The van der Waals surface area contributed by atoms with Crippen molar-refractivity contribution in [3.05, 3.63) is 30.1 Å². The monoisotopic (exact) mass is 310 g/mol. The van der Waals surface area contributed by atoms with Crippen LogP contribution in [0, 0.1) is 5.82 Å². The molecular formula is C16H23FN2O3. The van der Waals surface area contributed by atoms with Crippen LogP contribution in [0.4, 0.5) is 9.18 Å². The molecule has 0 spiro atoms. The number of amides is 1. The molecule has 0 saturated carbocycles. The van der Waals surface area contributed by atoms with Gasteiger partial charge in [0.1, 0.15) is 11.6 Å². The van der Waals surface area contributed by atoms with Crippen LogP contribution in [0.15, 0.2) is 24.3 Å². The van der Waals surface area contributed by atoms with E-state index in [0.717, 1.165) is 26.1 Å². The predicted octanol–water partition coefficient (Wildman–Crippen LogP) is 2.37. The first-order valence-corrected chi connectivity index (χ1v) is 7.71. The third-order valence-electron chi connectivity index (χ3n) is 3.60. The zero-order valence-corrected chi connectivity index (χ0v) is 13.0. The highest BCUT2D eigenvalue weighted by atomic mass is 19.1. The molecule has 1 amide bonds. The van der Waals surface area contributed by atoms with Gasteiger partial charge in [0, 0.05) is 32.7 Å². The lowest BCUT2D eigenvalue weighted by Crippen LogP contribution is -2.49. The molecule has 0 bridgehead atoms. The van der Waals surface area contributed by atoms with Gasteiger partial charge in [0.25, 0.3) is 0 Å². The highest BCUT2D eigenvalue weighted by molar-refractivity contribution is 5.67. The van der Waals surface area contributed by atoms with E-state index in [4.69, 9.17) is 9.47 Å². The number of nitrogens with zero attached hydrogens (tertiary/aromatic N) is 2. The Kier molecular flexibility index (Phi) is 6.45. The first-order valence-electron chi connectivity index (χ1n) is 7.71. The summed E-state index contributed by atoms with van der Waals surface area (Å²) in [6.45, 7) is 6.89. The highest BCUT2D eigenvalue weighted by Crippen LogP contribution is 2.11. The standard InChI is InChI=1S/C16H23FN2O3/c1-2-21-16(20)19-11-9-18(10-12-19)8-3-13-22-15-6-4-14(17)5-7-15/h4-7H,2-3,8-13H2,1H3. The van der Waals surface area contributed by atoms with E-state index in [1.54, 1.807) is 17.0 Å². The molecule has 0 aliphatic carbocycles. The van der Waals surface area contributed by atoms with E-state index in [1.807, 2.05) is 6.92 Å². The van der Waals surface area contributed by atoms with Crippen LogP contribution in [0.1, 0.15) is 13.3 Å². The first-order chi connectivity index (χ1) is 10.7. The maximum absolute atomic E-state index is 12.8. The van der Waals surface area contributed by atoms with Crippen LogP contribution in [0.5, 0.6) is 5.75 Å². The molecule has 1 aliphatic heterocycles. The maximum Gasteiger partial charge on any atom is 0.409 e. The Morgan fingerprint density at radius 2 is 1.86 bits per heavy atom. The summed E-state index contributed by atoms with van der Waals surface area (Å²) in [5.41, 5.74) is 0. The molecule has 1 aliphatic rings. The highest BCUT2D eigenvalue weighted by Gasteiger charge is 2.21. The van der Waals surface area contributed by atoms with Crippen molar-refractivity contribution in [2.45, 2.75) is 13.3 Å². The molecule has 1 saturated heterocycles. The molecule has 0 radical (unpaired) electrons. The number of piperazine rings is 1. The zero-order chi connectivity index (χ0) is 15.8. The van der Waals surface area contributed by atoms with Gasteiger partial charge in [0.15, 0.2) is 0 Å². The maximum atomic E-state index is 12.8. The summed E-state index contributed by atoms with van der Waals surface area (Å²) < 4.78 is 23.3. The average molecular weight is 310 g/mol. The van der Waals surface area contributed by atoms with Crippen LogP contribution in [0.25, 0.3) is 0 Å². The molecule has 122 valence electrons. The molecule has 6 heteroatoms. The van der Waals surface area contributed by atoms with Gasteiger partial charge in [0.05, 0.1) is 13.2 Å². The Morgan fingerprint density at radius 3 is 2.50 bits per heavy atom. The van der Waals surface area contributed by atoms with Crippen molar-refractivity contribution in [2.75, 3.05) is 45.9 Å². The lowest BCUT2D eigenvalue weighted by Gasteiger charge is -2.33. The van der Waals surface area contributed by atoms with Crippen LogP contribution in [-0.2, 0) is 4.74 Å². The lowest BCUT2D eigenvalue weighted by atomic mass is 10.3. The number of rotatable bonds is 6. The summed E-state index contributed by atoms with van der Waals surface area (Å²) in [5, 5.41) is 0. The SMILES string of the molecule is CCOC(=O)N1CCN(CCCOc2ccc(F)cc2)CC1. The fourth-order valence-corrected chi connectivity index (χ4v) is 2.38. The molecular weight excluding hydrogens is 287 g/mol. The molecule has 1 aromatic carbocycles. The minimum atomic E-state index is -0.258. The molecule has 0 unspecified atom stereocenters. The van der Waals surface area contributed by atoms with Gasteiger partial charge in [-0.1, -0.05) is 0 Å². The van der Waals surface area contributed by atoms with Crippen molar-refractivity contribution in [3.63, 3.8) is 0 Å². The van der Waals surface area contributed by atoms with E-state index >= 15 is 0 Å². The normalized spacial score (nSPS) is 15.6. The van der Waals surface area contributed by atoms with E-state index in [1.165, 1.54) is 12.1 Å². The fourth-order valence-electron chi connectivity index (χ4n) is 2.38. The largest absolute Gasteiger partial charge is 0.494 e. The summed E-state index contributed by atoms with van der Waals surface area (Å²) in [5.74, 6) is 0.431. The van der Waals surface area contributed by atoms with Gasteiger partial charge in [0.2, 0.25) is 0 Å². The van der Waals surface area contributed by atoms with Crippen LogP contribution < -0.4 is 4.74 Å². The van der Waals surface area contributed by atoms with Crippen molar-refractivity contribution in [1.82, 2.24) is 9.80 Å². The summed E-state index contributed by atoms with van der Waals surface area (Å²) >= 11 is 0. The number of benzene rings is 1. The Morgan fingerprint density at radius 1 is 1.18 bits per heavy atom. The molecule has 0 N–H and O–H groups in total. The smallest absolute Gasteiger partial charge is 0.409 e. The van der Waals surface area contributed by atoms with Gasteiger partial charge < -0.3 is 14.4 Å². The van der Waals surface area contributed by atoms with E-state index in [0.29, 0.717) is 32.1 Å². The van der Waals surface area contributed by atoms with Gasteiger partial charge in [-0.2, -0.15) is 0 Å². The van der Waals surface area contributed by atoms with Crippen molar-refractivity contribution in [1.29, 1.82) is 0 Å². The van der Waals surface area contributed by atoms with Crippen LogP contribution in [0.2, 0.25) is 0 Å². The quantitative estimate of drug-likeness (QED) is 0.757. The molecule has 5 nitrogen and oxygen atoms in total. The second-order valence-corrected chi connectivity index (χ2v) is 5.18. The number of halogens is 1. The summed E-state index contributed by atoms with van der Waals surface area (Å²) in [4.78, 5) is 15.6. The Balaban J connectivity index is 1.59. The number of hydrogen-bond donors (Lipinski definition) is 0. The second kappa shape index (κ2) is 8.58. The Bertz CT molecular complexity index is 459. The molecule has 1 aromatic rings.